The largest absolute Gasteiger partial charge is 0.481 e. The lowest BCUT2D eigenvalue weighted by Crippen LogP contribution is -2.30. The summed E-state index contributed by atoms with van der Waals surface area (Å²) < 4.78 is 36.9. The molecule has 8 heteroatoms. The van der Waals surface area contributed by atoms with E-state index in [1.54, 1.807) is 36.6 Å². The average molecular weight is 383 g/mol. The Morgan fingerprint density at radius 2 is 2.04 bits per heavy atom. The van der Waals surface area contributed by atoms with Crippen molar-refractivity contribution >= 4 is 22.6 Å². The Morgan fingerprint density at radius 1 is 1.18 bits per heavy atom. The first kappa shape index (κ1) is 17.7. The molecule has 1 unspecified atom stereocenters. The van der Waals surface area contributed by atoms with Gasteiger partial charge in [-0.25, -0.2) is 13.8 Å². The molecule has 2 aromatic carbocycles. The Morgan fingerprint density at radius 3 is 2.79 bits per heavy atom. The molecule has 2 heterocycles. The van der Waals surface area contributed by atoms with E-state index in [9.17, 15) is 13.6 Å². The third-order valence-corrected chi connectivity index (χ3v) is 4.08. The lowest BCUT2D eigenvalue weighted by Gasteiger charge is -2.15. The first-order valence-electron chi connectivity index (χ1n) is 8.46. The van der Waals surface area contributed by atoms with E-state index in [0.717, 1.165) is 23.2 Å². The summed E-state index contributed by atoms with van der Waals surface area (Å²) in [6.45, 7) is 1.51. The Balaban J connectivity index is 1.47. The third kappa shape index (κ3) is 3.57. The van der Waals surface area contributed by atoms with E-state index >= 15 is 0 Å². The molecule has 4 aromatic rings. The molecule has 0 aliphatic carbocycles. The molecule has 0 saturated heterocycles. The summed E-state index contributed by atoms with van der Waals surface area (Å²) in [5.74, 6) is -1.20. The number of carbonyl (C=O) groups excluding carboxylic acids is 1. The number of H-pyrrole nitrogens is 1. The molecule has 0 spiro atoms. The minimum absolute atomic E-state index is 0.0636. The van der Waals surface area contributed by atoms with Crippen LogP contribution in [0.5, 0.6) is 5.75 Å². The van der Waals surface area contributed by atoms with E-state index < -0.39 is 23.6 Å². The van der Waals surface area contributed by atoms with Crippen LogP contribution in [0.1, 0.15) is 6.92 Å². The zero-order valence-corrected chi connectivity index (χ0v) is 14.7. The van der Waals surface area contributed by atoms with Crippen molar-refractivity contribution in [1.82, 2.24) is 9.97 Å². The number of halogens is 2. The number of aromatic nitrogens is 2. The summed E-state index contributed by atoms with van der Waals surface area (Å²) in [7, 11) is 0. The molecule has 6 nitrogen and oxygen atoms in total. The third-order valence-electron chi connectivity index (χ3n) is 4.08. The normalized spacial score (nSPS) is 12.1. The number of fused-ring (bicyclic) bond motifs is 1. The maximum atomic E-state index is 13.3. The molecule has 2 aromatic heterocycles. The van der Waals surface area contributed by atoms with Crippen LogP contribution in [0, 0.1) is 11.6 Å². The van der Waals surface area contributed by atoms with E-state index in [-0.39, 0.29) is 5.75 Å². The number of nitrogens with one attached hydrogen (secondary N) is 2. The van der Waals surface area contributed by atoms with Crippen LogP contribution in [0.3, 0.4) is 0 Å². The number of ether oxygens (including phenoxy) is 1. The molecule has 0 aliphatic heterocycles. The molecule has 28 heavy (non-hydrogen) atoms. The highest BCUT2D eigenvalue weighted by Gasteiger charge is 2.17. The molecule has 0 aliphatic rings. The Hall–Kier alpha value is -3.68. The summed E-state index contributed by atoms with van der Waals surface area (Å²) in [6.07, 6.45) is 0.642. The van der Waals surface area contributed by atoms with Crippen LogP contribution < -0.4 is 10.1 Å². The number of rotatable bonds is 5. The van der Waals surface area contributed by atoms with Crippen LogP contribution in [-0.2, 0) is 4.79 Å². The summed E-state index contributed by atoms with van der Waals surface area (Å²) in [6, 6.07) is 11.8. The first-order chi connectivity index (χ1) is 13.5. The Bertz CT molecular complexity index is 1140. The second-order valence-electron chi connectivity index (χ2n) is 6.12. The summed E-state index contributed by atoms with van der Waals surface area (Å²) >= 11 is 0. The van der Waals surface area contributed by atoms with Gasteiger partial charge in [0, 0.05) is 11.8 Å². The standard InChI is InChI=1S/C20H15F2N3O3/c1-11(28-13-5-6-14(21)15(22)10-13)20(26)23-12-4-7-16-17(9-12)25-19(24-16)18-3-2-8-27-18/h2-11H,1H3,(H,23,26)(H,24,25). The van der Waals surface area contributed by atoms with Gasteiger partial charge in [-0.15, -0.1) is 0 Å². The molecule has 0 radical (unpaired) electrons. The van der Waals surface area contributed by atoms with Gasteiger partial charge in [0.15, 0.2) is 29.3 Å². The zero-order chi connectivity index (χ0) is 19.7. The first-order valence-corrected chi connectivity index (χ1v) is 8.46. The van der Waals surface area contributed by atoms with Crippen LogP contribution >= 0.6 is 0 Å². The highest BCUT2D eigenvalue weighted by Crippen LogP contribution is 2.23. The van der Waals surface area contributed by atoms with Crippen LogP contribution in [0.15, 0.2) is 59.2 Å². The number of nitrogens with zero attached hydrogens (tertiary/aromatic N) is 1. The summed E-state index contributed by atoms with van der Waals surface area (Å²) in [4.78, 5) is 19.9. The predicted molar refractivity (Wildman–Crippen MR) is 98.9 cm³/mol. The van der Waals surface area contributed by atoms with Crippen molar-refractivity contribution in [1.29, 1.82) is 0 Å². The minimum Gasteiger partial charge on any atom is -0.481 e. The van der Waals surface area contributed by atoms with Gasteiger partial charge in [0.2, 0.25) is 0 Å². The molecule has 4 rings (SSSR count). The van der Waals surface area contributed by atoms with Crippen LogP contribution in [0.25, 0.3) is 22.6 Å². The Kier molecular flexibility index (Phi) is 4.52. The SMILES string of the molecule is CC(Oc1ccc(F)c(F)c1)C(=O)Nc1ccc2nc(-c3ccco3)[nH]c2c1. The van der Waals surface area contributed by atoms with Crippen molar-refractivity contribution in [3.05, 3.63) is 66.4 Å². The number of hydrogen-bond acceptors (Lipinski definition) is 4. The van der Waals surface area contributed by atoms with Gasteiger partial charge in [-0.2, -0.15) is 0 Å². The van der Waals surface area contributed by atoms with E-state index in [2.05, 4.69) is 15.3 Å². The van der Waals surface area contributed by atoms with Gasteiger partial charge in [0.1, 0.15) is 5.75 Å². The highest BCUT2D eigenvalue weighted by molar-refractivity contribution is 5.96. The number of aromatic amines is 1. The fourth-order valence-corrected chi connectivity index (χ4v) is 2.67. The fraction of sp³-hybridized carbons (Fsp3) is 0.100. The van der Waals surface area contributed by atoms with E-state index in [1.807, 2.05) is 0 Å². The maximum Gasteiger partial charge on any atom is 0.265 e. The highest BCUT2D eigenvalue weighted by atomic mass is 19.2. The van der Waals surface area contributed by atoms with Gasteiger partial charge < -0.3 is 19.5 Å². The fourth-order valence-electron chi connectivity index (χ4n) is 2.67. The van der Waals surface area contributed by atoms with Gasteiger partial charge in [0.05, 0.1) is 17.3 Å². The van der Waals surface area contributed by atoms with E-state index in [4.69, 9.17) is 9.15 Å². The average Bonchev–Trinajstić information content (AvgIpc) is 3.33. The second-order valence-corrected chi connectivity index (χ2v) is 6.12. The quantitative estimate of drug-likeness (QED) is 0.532. The monoisotopic (exact) mass is 383 g/mol. The molecule has 0 fully saturated rings. The molecule has 0 saturated carbocycles. The molecule has 1 amide bonds. The molecule has 0 bridgehead atoms. The number of anilines is 1. The molecule has 142 valence electrons. The number of amides is 1. The number of hydrogen-bond donors (Lipinski definition) is 2. The lowest BCUT2D eigenvalue weighted by atomic mass is 10.2. The van der Waals surface area contributed by atoms with E-state index in [0.29, 0.717) is 17.3 Å². The van der Waals surface area contributed by atoms with Crippen molar-refractivity contribution in [3.63, 3.8) is 0 Å². The van der Waals surface area contributed by atoms with Crippen LogP contribution in [-0.4, -0.2) is 22.0 Å². The number of benzene rings is 2. The number of carbonyl (C=O) groups is 1. The van der Waals surface area contributed by atoms with Crippen molar-refractivity contribution in [2.24, 2.45) is 0 Å². The lowest BCUT2D eigenvalue weighted by molar-refractivity contribution is -0.122. The van der Waals surface area contributed by atoms with Crippen molar-refractivity contribution in [2.45, 2.75) is 13.0 Å². The number of furan rings is 1. The van der Waals surface area contributed by atoms with Gasteiger partial charge in [-0.05, 0) is 49.4 Å². The van der Waals surface area contributed by atoms with Gasteiger partial charge >= 0.3 is 0 Å². The van der Waals surface area contributed by atoms with Gasteiger partial charge in [-0.3, -0.25) is 4.79 Å². The molecule has 2 N–H and O–H groups in total. The topological polar surface area (TPSA) is 80.2 Å². The zero-order valence-electron chi connectivity index (χ0n) is 14.7. The summed E-state index contributed by atoms with van der Waals surface area (Å²) in [5, 5.41) is 2.72. The van der Waals surface area contributed by atoms with Gasteiger partial charge in [-0.1, -0.05) is 0 Å². The molecular formula is C20H15F2N3O3. The Labute approximate surface area is 158 Å². The van der Waals surface area contributed by atoms with Gasteiger partial charge in [0.25, 0.3) is 5.91 Å². The predicted octanol–water partition coefficient (Wildman–Crippen LogP) is 4.51. The van der Waals surface area contributed by atoms with Crippen molar-refractivity contribution in [2.75, 3.05) is 5.32 Å². The molecule has 1 atom stereocenters. The smallest absolute Gasteiger partial charge is 0.265 e. The summed E-state index contributed by atoms with van der Waals surface area (Å²) in [5.41, 5.74) is 1.97. The maximum absolute atomic E-state index is 13.3. The van der Waals surface area contributed by atoms with Crippen molar-refractivity contribution < 1.29 is 22.7 Å². The molecular weight excluding hydrogens is 368 g/mol. The number of imidazole rings is 1. The minimum atomic E-state index is -1.04. The second kappa shape index (κ2) is 7.15. The van der Waals surface area contributed by atoms with Crippen molar-refractivity contribution in [3.8, 4) is 17.3 Å². The van der Waals surface area contributed by atoms with Crippen LogP contribution in [0.2, 0.25) is 0 Å². The van der Waals surface area contributed by atoms with E-state index in [1.165, 1.54) is 13.0 Å². The van der Waals surface area contributed by atoms with Crippen LogP contribution in [0.4, 0.5) is 14.5 Å².